The first-order valence-electron chi connectivity index (χ1n) is 11.7. The van der Waals surface area contributed by atoms with E-state index in [1.807, 2.05) is 11.3 Å². The number of fused-ring (bicyclic) bond motifs is 3. The summed E-state index contributed by atoms with van der Waals surface area (Å²) in [6, 6.07) is 9.27. The van der Waals surface area contributed by atoms with E-state index in [0.29, 0.717) is 5.92 Å². The van der Waals surface area contributed by atoms with E-state index in [4.69, 9.17) is 4.74 Å². The van der Waals surface area contributed by atoms with E-state index in [1.165, 1.54) is 53.7 Å². The van der Waals surface area contributed by atoms with Crippen molar-refractivity contribution in [2.24, 2.45) is 18.4 Å². The van der Waals surface area contributed by atoms with Gasteiger partial charge in [0, 0.05) is 16.5 Å². The van der Waals surface area contributed by atoms with Gasteiger partial charge in [0.15, 0.2) is 11.9 Å². The Morgan fingerprint density at radius 3 is 2.44 bits per heavy atom. The molecule has 4 aromatic rings. The molecule has 0 saturated carbocycles. The van der Waals surface area contributed by atoms with Crippen LogP contribution >= 0.6 is 11.3 Å². The molecule has 3 heteroatoms. The van der Waals surface area contributed by atoms with Crippen LogP contribution in [0.25, 0.3) is 32.1 Å². The summed E-state index contributed by atoms with van der Waals surface area (Å²) in [6.45, 7) is 16.0. The highest BCUT2D eigenvalue weighted by atomic mass is 32.1. The van der Waals surface area contributed by atoms with Gasteiger partial charge >= 0.3 is 0 Å². The molecule has 1 aliphatic heterocycles. The van der Waals surface area contributed by atoms with Gasteiger partial charge in [0.1, 0.15) is 18.2 Å². The summed E-state index contributed by atoms with van der Waals surface area (Å²) in [4.78, 5) is 1.36. The first-order chi connectivity index (χ1) is 15.0. The summed E-state index contributed by atoms with van der Waals surface area (Å²) in [5.74, 6) is 2.77. The first kappa shape index (κ1) is 21.5. The van der Waals surface area contributed by atoms with Crippen molar-refractivity contribution in [2.75, 3.05) is 0 Å². The van der Waals surface area contributed by atoms with Crippen LogP contribution in [0, 0.1) is 25.2 Å². The molecule has 1 aliphatic rings. The summed E-state index contributed by atoms with van der Waals surface area (Å²) in [5.41, 5.74) is 6.73. The van der Waals surface area contributed by atoms with Crippen molar-refractivity contribution in [3.05, 3.63) is 52.0 Å². The molecule has 0 spiro atoms. The molecule has 0 fully saturated rings. The van der Waals surface area contributed by atoms with Gasteiger partial charge < -0.3 is 4.74 Å². The van der Waals surface area contributed by atoms with Crippen LogP contribution in [0.5, 0.6) is 11.5 Å². The predicted molar refractivity (Wildman–Crippen MR) is 137 cm³/mol. The smallest absolute Gasteiger partial charge is 0.228 e. The normalized spacial score (nSPS) is 13.2. The molecule has 2 nitrogen and oxygen atoms in total. The van der Waals surface area contributed by atoms with E-state index in [0.717, 1.165) is 24.3 Å². The second-order valence-corrected chi connectivity index (χ2v) is 12.3. The molecular weight excluding hydrogens is 410 g/mol. The van der Waals surface area contributed by atoms with Gasteiger partial charge in [-0.3, -0.25) is 0 Å². The van der Waals surface area contributed by atoms with Crippen LogP contribution in [-0.4, -0.2) is 0 Å². The fourth-order valence-corrected chi connectivity index (χ4v) is 6.64. The number of rotatable bonds is 3. The Morgan fingerprint density at radius 1 is 1.00 bits per heavy atom. The van der Waals surface area contributed by atoms with Crippen LogP contribution in [0.4, 0.5) is 0 Å². The fourth-order valence-electron chi connectivity index (χ4n) is 5.22. The van der Waals surface area contributed by atoms with E-state index in [2.05, 4.69) is 90.5 Å². The molecule has 0 bridgehead atoms. The number of hydrogen-bond acceptors (Lipinski definition) is 2. The largest absolute Gasteiger partial charge is 0.454 e. The van der Waals surface area contributed by atoms with E-state index < -0.39 is 0 Å². The molecule has 0 aliphatic carbocycles. The predicted octanol–water partition coefficient (Wildman–Crippen LogP) is 8.06. The van der Waals surface area contributed by atoms with Crippen LogP contribution in [-0.2, 0) is 19.9 Å². The molecule has 0 amide bonds. The van der Waals surface area contributed by atoms with Crippen molar-refractivity contribution in [3.63, 3.8) is 0 Å². The molecule has 0 unspecified atom stereocenters. The van der Waals surface area contributed by atoms with E-state index in [-0.39, 0.29) is 5.41 Å². The Bertz CT molecular complexity index is 1380. The lowest BCUT2D eigenvalue weighted by molar-refractivity contribution is -0.659. The van der Waals surface area contributed by atoms with Crippen molar-refractivity contribution >= 4 is 32.2 Å². The molecule has 32 heavy (non-hydrogen) atoms. The first-order valence-corrected chi connectivity index (χ1v) is 12.5. The molecule has 0 N–H and O–H groups in total. The summed E-state index contributed by atoms with van der Waals surface area (Å²) in [5, 5.41) is 3.94. The number of ether oxygens (including phenoxy) is 1. The SMILES string of the molecule is Cc1c2c(c(C)c3ccc(CC(C)C)cc13)-c1c3c(c(CC(C)(C)C)sc3cc[n+]1C)O2. The Morgan fingerprint density at radius 2 is 1.75 bits per heavy atom. The molecule has 0 saturated heterocycles. The maximum atomic E-state index is 6.86. The Kier molecular flexibility index (Phi) is 4.90. The number of nitrogens with zero attached hydrogens (tertiary/aromatic N) is 1. The minimum atomic E-state index is 0.212. The summed E-state index contributed by atoms with van der Waals surface area (Å²) in [6.07, 6.45) is 4.33. The van der Waals surface area contributed by atoms with Crippen molar-refractivity contribution < 1.29 is 9.30 Å². The topological polar surface area (TPSA) is 13.1 Å². The maximum Gasteiger partial charge on any atom is 0.228 e. The van der Waals surface area contributed by atoms with Crippen molar-refractivity contribution in [1.82, 2.24) is 0 Å². The van der Waals surface area contributed by atoms with E-state index in [9.17, 15) is 0 Å². The van der Waals surface area contributed by atoms with Gasteiger partial charge in [0.05, 0.1) is 10.3 Å². The fraction of sp³-hybridized carbons (Fsp3) is 0.414. The van der Waals surface area contributed by atoms with Gasteiger partial charge in [-0.1, -0.05) is 52.8 Å². The molecule has 2 aromatic carbocycles. The third kappa shape index (κ3) is 3.33. The highest BCUT2D eigenvalue weighted by Gasteiger charge is 2.35. The molecule has 0 radical (unpaired) electrons. The Balaban J connectivity index is 1.83. The maximum absolute atomic E-state index is 6.86. The molecule has 0 atom stereocenters. The van der Waals surface area contributed by atoms with E-state index in [1.54, 1.807) is 0 Å². The lowest BCUT2D eigenvalue weighted by atomic mass is 9.87. The van der Waals surface area contributed by atoms with Crippen LogP contribution in [0.15, 0.2) is 30.5 Å². The van der Waals surface area contributed by atoms with Gasteiger partial charge in [-0.2, -0.15) is 0 Å². The summed E-state index contributed by atoms with van der Waals surface area (Å²) < 4.78 is 10.5. The zero-order valence-corrected chi connectivity index (χ0v) is 21.5. The van der Waals surface area contributed by atoms with E-state index >= 15 is 0 Å². The van der Waals surface area contributed by atoms with Crippen LogP contribution < -0.4 is 9.30 Å². The second-order valence-electron chi connectivity index (χ2n) is 11.1. The highest BCUT2D eigenvalue weighted by molar-refractivity contribution is 7.19. The third-order valence-corrected chi connectivity index (χ3v) is 7.75. The van der Waals surface area contributed by atoms with Gasteiger partial charge in [0.2, 0.25) is 5.69 Å². The monoisotopic (exact) mass is 444 g/mol. The molecule has 3 heterocycles. The quantitative estimate of drug-likeness (QED) is 0.257. The Hall–Kier alpha value is -2.39. The molecular formula is C29H34NOS+. The van der Waals surface area contributed by atoms with Crippen molar-refractivity contribution in [1.29, 1.82) is 0 Å². The Labute approximate surface area is 195 Å². The average Bonchev–Trinajstić information content (AvgIpc) is 3.04. The molecule has 2 aromatic heterocycles. The lowest BCUT2D eigenvalue weighted by Crippen LogP contribution is -2.31. The van der Waals surface area contributed by atoms with Gasteiger partial charge in [-0.25, -0.2) is 4.57 Å². The third-order valence-electron chi connectivity index (χ3n) is 6.61. The number of hydrogen-bond donors (Lipinski definition) is 0. The van der Waals surface area contributed by atoms with Gasteiger partial charge in [-0.15, -0.1) is 11.3 Å². The van der Waals surface area contributed by atoms with Crippen molar-refractivity contribution in [2.45, 2.75) is 61.3 Å². The molecule has 5 rings (SSSR count). The summed E-state index contributed by atoms with van der Waals surface area (Å²) >= 11 is 1.90. The number of aromatic nitrogens is 1. The zero-order chi connectivity index (χ0) is 22.9. The van der Waals surface area contributed by atoms with Crippen LogP contribution in [0.1, 0.15) is 56.2 Å². The number of thiophene rings is 1. The van der Waals surface area contributed by atoms with Gasteiger partial charge in [0.25, 0.3) is 0 Å². The zero-order valence-electron chi connectivity index (χ0n) is 20.6. The van der Waals surface area contributed by atoms with Gasteiger partial charge in [-0.05, 0) is 59.9 Å². The van der Waals surface area contributed by atoms with Crippen molar-refractivity contribution in [3.8, 4) is 22.8 Å². The molecule has 166 valence electrons. The summed E-state index contributed by atoms with van der Waals surface area (Å²) in [7, 11) is 2.17. The van der Waals surface area contributed by atoms with Crippen LogP contribution in [0.3, 0.4) is 0 Å². The lowest BCUT2D eigenvalue weighted by Gasteiger charge is -2.24. The number of benzene rings is 2. The highest BCUT2D eigenvalue weighted by Crippen LogP contribution is 2.54. The number of pyridine rings is 1. The number of aryl methyl sites for hydroxylation is 3. The minimum Gasteiger partial charge on any atom is -0.454 e. The van der Waals surface area contributed by atoms with Crippen LogP contribution in [0.2, 0.25) is 0 Å². The average molecular weight is 445 g/mol. The second kappa shape index (κ2) is 7.31. The minimum absolute atomic E-state index is 0.212. The standard InChI is InChI=1S/C29H34NOS/c1-16(2)13-19-9-10-20-17(3)24-26-25-22(11-12-30(26)8)32-23(15-29(5,6)7)28(25)31-27(24)18(4)21(20)14-19/h9-12,14,16H,13,15H2,1-8H3/q+1.